The van der Waals surface area contributed by atoms with Gasteiger partial charge in [0.15, 0.2) is 0 Å². The summed E-state index contributed by atoms with van der Waals surface area (Å²) < 4.78 is 6.08. The lowest BCUT2D eigenvalue weighted by Gasteiger charge is -2.22. The molecule has 3 nitrogen and oxygen atoms in total. The first-order valence-electron chi connectivity index (χ1n) is 18.2. The molecular formula is C36H74O3. The van der Waals surface area contributed by atoms with Crippen LogP contribution in [-0.4, -0.2) is 35.6 Å². The van der Waals surface area contributed by atoms with E-state index in [1.165, 1.54) is 167 Å². The minimum Gasteiger partial charge on any atom is -0.394 e. The highest BCUT2D eigenvalue weighted by Gasteiger charge is 2.15. The molecular weight excluding hydrogens is 480 g/mol. The monoisotopic (exact) mass is 555 g/mol. The highest BCUT2D eigenvalue weighted by Crippen LogP contribution is 2.17. The van der Waals surface area contributed by atoms with Gasteiger partial charge in [-0.15, -0.1) is 0 Å². The van der Waals surface area contributed by atoms with Crippen molar-refractivity contribution in [2.24, 2.45) is 0 Å². The van der Waals surface area contributed by atoms with Gasteiger partial charge >= 0.3 is 0 Å². The van der Waals surface area contributed by atoms with Gasteiger partial charge in [-0.1, -0.05) is 194 Å². The Bertz CT molecular complexity index is 390. The molecule has 0 radical (unpaired) electrons. The molecule has 0 amide bonds. The average Bonchev–Trinajstić information content (AvgIpc) is 2.95. The Morgan fingerprint density at radius 2 is 0.538 bits per heavy atom. The molecule has 0 fully saturated rings. The predicted molar refractivity (Wildman–Crippen MR) is 173 cm³/mol. The van der Waals surface area contributed by atoms with Gasteiger partial charge in [-0.2, -0.15) is 0 Å². The molecule has 0 aromatic rings. The van der Waals surface area contributed by atoms with E-state index in [1.807, 2.05) is 0 Å². The van der Waals surface area contributed by atoms with Crippen molar-refractivity contribution in [2.75, 3.05) is 13.2 Å². The van der Waals surface area contributed by atoms with Crippen molar-refractivity contribution in [3.8, 4) is 0 Å². The Kier molecular flexibility index (Phi) is 34.0. The topological polar surface area (TPSA) is 49.7 Å². The van der Waals surface area contributed by atoms with Crippen LogP contribution >= 0.6 is 0 Å². The van der Waals surface area contributed by atoms with Crippen LogP contribution < -0.4 is 0 Å². The lowest BCUT2D eigenvalue weighted by Crippen LogP contribution is -2.28. The molecule has 0 aliphatic rings. The molecule has 0 spiro atoms. The lowest BCUT2D eigenvalue weighted by molar-refractivity contribution is -0.0676. The standard InChI is InChI=1S/C36H74O3/c1-3-5-7-9-11-13-15-17-19-21-23-25-27-29-31-35(33-37)39-36(34-38)32-30-28-26-24-22-20-18-16-14-12-10-8-6-4-2/h35-38H,3-34H2,1-2H3. The minimum atomic E-state index is -0.105. The van der Waals surface area contributed by atoms with E-state index in [0.717, 1.165) is 25.7 Å². The second-order valence-electron chi connectivity index (χ2n) is 12.5. The fourth-order valence-electron chi connectivity index (χ4n) is 5.81. The number of rotatable bonds is 34. The van der Waals surface area contributed by atoms with Crippen LogP contribution in [0.5, 0.6) is 0 Å². The summed E-state index contributed by atoms with van der Waals surface area (Å²) in [5, 5.41) is 19.5. The van der Waals surface area contributed by atoms with Crippen molar-refractivity contribution in [1.29, 1.82) is 0 Å². The smallest absolute Gasteiger partial charge is 0.0810 e. The molecule has 0 aromatic carbocycles. The van der Waals surface area contributed by atoms with E-state index in [4.69, 9.17) is 4.74 Å². The normalized spacial score (nSPS) is 13.2. The van der Waals surface area contributed by atoms with Gasteiger partial charge in [0, 0.05) is 0 Å². The Balaban J connectivity index is 3.51. The zero-order valence-corrected chi connectivity index (χ0v) is 27.1. The van der Waals surface area contributed by atoms with Crippen LogP contribution in [0.25, 0.3) is 0 Å². The summed E-state index contributed by atoms with van der Waals surface area (Å²) in [6.07, 6.45) is 39.8. The fourth-order valence-corrected chi connectivity index (χ4v) is 5.81. The molecule has 236 valence electrons. The van der Waals surface area contributed by atoms with Crippen LogP contribution in [0.15, 0.2) is 0 Å². The molecule has 39 heavy (non-hydrogen) atoms. The number of ether oxygens (including phenoxy) is 1. The van der Waals surface area contributed by atoms with Crippen LogP contribution in [0.4, 0.5) is 0 Å². The largest absolute Gasteiger partial charge is 0.394 e. The van der Waals surface area contributed by atoms with Crippen molar-refractivity contribution >= 4 is 0 Å². The summed E-state index contributed by atoms with van der Waals surface area (Å²) >= 11 is 0. The number of aliphatic hydroxyl groups excluding tert-OH is 2. The quantitative estimate of drug-likeness (QED) is 0.0777. The summed E-state index contributed by atoms with van der Waals surface area (Å²) in [5.41, 5.74) is 0. The molecule has 0 aliphatic heterocycles. The maximum atomic E-state index is 9.76. The number of unbranched alkanes of at least 4 members (excludes halogenated alkanes) is 26. The zero-order chi connectivity index (χ0) is 28.5. The Morgan fingerprint density at radius 1 is 0.333 bits per heavy atom. The minimum absolute atomic E-state index is 0.0771. The summed E-state index contributed by atoms with van der Waals surface area (Å²) in [4.78, 5) is 0. The lowest BCUT2D eigenvalue weighted by atomic mass is 10.0. The summed E-state index contributed by atoms with van der Waals surface area (Å²) in [6.45, 7) is 4.73. The van der Waals surface area contributed by atoms with Gasteiger partial charge in [0.2, 0.25) is 0 Å². The maximum absolute atomic E-state index is 9.76. The second kappa shape index (κ2) is 34.1. The maximum Gasteiger partial charge on any atom is 0.0810 e. The van der Waals surface area contributed by atoms with E-state index >= 15 is 0 Å². The van der Waals surface area contributed by atoms with Crippen LogP contribution in [0.3, 0.4) is 0 Å². The first-order chi connectivity index (χ1) is 19.3. The van der Waals surface area contributed by atoms with E-state index in [9.17, 15) is 10.2 Å². The second-order valence-corrected chi connectivity index (χ2v) is 12.5. The van der Waals surface area contributed by atoms with E-state index in [2.05, 4.69) is 13.8 Å². The van der Waals surface area contributed by atoms with E-state index in [-0.39, 0.29) is 25.4 Å². The van der Waals surface area contributed by atoms with E-state index < -0.39 is 0 Å². The number of hydrogen-bond donors (Lipinski definition) is 2. The fraction of sp³-hybridized carbons (Fsp3) is 1.00. The molecule has 0 rings (SSSR count). The number of hydrogen-bond acceptors (Lipinski definition) is 3. The SMILES string of the molecule is CCCCCCCCCCCCCCCCC(CO)OC(CO)CCCCCCCCCCCCCCCC. The first kappa shape index (κ1) is 38.9. The Hall–Kier alpha value is -0.120. The zero-order valence-electron chi connectivity index (χ0n) is 27.1. The molecule has 0 aromatic heterocycles. The van der Waals surface area contributed by atoms with Crippen molar-refractivity contribution in [2.45, 2.75) is 219 Å². The molecule has 0 aliphatic carbocycles. The van der Waals surface area contributed by atoms with Gasteiger partial charge in [-0.25, -0.2) is 0 Å². The van der Waals surface area contributed by atoms with Gasteiger partial charge in [0.05, 0.1) is 25.4 Å². The van der Waals surface area contributed by atoms with Gasteiger partial charge < -0.3 is 14.9 Å². The Morgan fingerprint density at radius 3 is 0.744 bits per heavy atom. The van der Waals surface area contributed by atoms with E-state index in [0.29, 0.717) is 0 Å². The third-order valence-corrected chi connectivity index (χ3v) is 8.55. The number of aliphatic hydroxyl groups is 2. The van der Waals surface area contributed by atoms with Gasteiger partial charge in [0.25, 0.3) is 0 Å². The van der Waals surface area contributed by atoms with Crippen molar-refractivity contribution < 1.29 is 14.9 Å². The van der Waals surface area contributed by atoms with Crippen LogP contribution in [0.1, 0.15) is 206 Å². The van der Waals surface area contributed by atoms with Crippen LogP contribution in [0.2, 0.25) is 0 Å². The average molecular weight is 555 g/mol. The van der Waals surface area contributed by atoms with E-state index in [1.54, 1.807) is 0 Å². The van der Waals surface area contributed by atoms with Gasteiger partial charge in [0.1, 0.15) is 0 Å². The highest BCUT2D eigenvalue weighted by molar-refractivity contribution is 4.64. The third kappa shape index (κ3) is 30.7. The molecule has 0 heterocycles. The highest BCUT2D eigenvalue weighted by atomic mass is 16.5. The van der Waals surface area contributed by atoms with Crippen LogP contribution in [0, 0.1) is 0 Å². The summed E-state index contributed by atoms with van der Waals surface area (Å²) in [5.74, 6) is 0. The first-order valence-corrected chi connectivity index (χ1v) is 18.2. The molecule has 0 bridgehead atoms. The van der Waals surface area contributed by atoms with Gasteiger partial charge in [-0.05, 0) is 12.8 Å². The molecule has 0 saturated carbocycles. The molecule has 3 heteroatoms. The van der Waals surface area contributed by atoms with Crippen molar-refractivity contribution in [1.82, 2.24) is 0 Å². The molecule has 2 atom stereocenters. The van der Waals surface area contributed by atoms with Gasteiger partial charge in [-0.3, -0.25) is 0 Å². The predicted octanol–water partition coefficient (Wildman–Crippen LogP) is 11.5. The third-order valence-electron chi connectivity index (χ3n) is 8.55. The van der Waals surface area contributed by atoms with Crippen molar-refractivity contribution in [3.05, 3.63) is 0 Å². The molecule has 2 N–H and O–H groups in total. The summed E-state index contributed by atoms with van der Waals surface area (Å²) in [6, 6.07) is 0. The van der Waals surface area contributed by atoms with Crippen molar-refractivity contribution in [3.63, 3.8) is 0 Å². The summed E-state index contributed by atoms with van der Waals surface area (Å²) in [7, 11) is 0. The molecule has 2 unspecified atom stereocenters. The molecule has 0 saturated heterocycles. The van der Waals surface area contributed by atoms with Crippen LogP contribution in [-0.2, 0) is 4.74 Å². The Labute approximate surface area is 246 Å².